The van der Waals surface area contributed by atoms with Gasteiger partial charge in [0.1, 0.15) is 0 Å². The van der Waals surface area contributed by atoms with Crippen molar-refractivity contribution in [3.05, 3.63) is 95.8 Å². The molecule has 2 heteroatoms. The number of benzene rings is 2. The summed E-state index contributed by atoms with van der Waals surface area (Å²) >= 11 is 0. The van der Waals surface area contributed by atoms with Crippen LogP contribution in [0.3, 0.4) is 0 Å². The van der Waals surface area contributed by atoms with Crippen molar-refractivity contribution < 1.29 is 5.11 Å². The lowest BCUT2D eigenvalue weighted by Crippen LogP contribution is -2.22. The summed E-state index contributed by atoms with van der Waals surface area (Å²) in [5.41, 5.74) is 4.00. The van der Waals surface area contributed by atoms with Crippen molar-refractivity contribution in [2.24, 2.45) is 11.8 Å². The molecular weight excluding hydrogens is 306 g/mol. The molecule has 1 aliphatic carbocycles. The molecule has 0 unspecified atom stereocenters. The van der Waals surface area contributed by atoms with E-state index in [1.165, 1.54) is 11.1 Å². The van der Waals surface area contributed by atoms with Gasteiger partial charge in [0.2, 0.25) is 0 Å². The molecule has 0 radical (unpaired) electrons. The number of rotatable bonds is 6. The van der Waals surface area contributed by atoms with Crippen LogP contribution in [0, 0.1) is 11.8 Å². The number of aliphatic hydroxyl groups excluding tert-OH is 1. The van der Waals surface area contributed by atoms with Crippen molar-refractivity contribution >= 4 is 0 Å². The van der Waals surface area contributed by atoms with Gasteiger partial charge in [-0.3, -0.25) is 0 Å². The lowest BCUT2D eigenvalue weighted by atomic mass is 9.85. The summed E-state index contributed by atoms with van der Waals surface area (Å²) in [6.45, 7) is 0.857. The Kier molecular flexibility index (Phi) is 4.71. The third-order valence-corrected chi connectivity index (χ3v) is 5.47. The van der Waals surface area contributed by atoms with Crippen molar-refractivity contribution in [1.29, 1.82) is 0 Å². The van der Waals surface area contributed by atoms with Crippen LogP contribution in [0.4, 0.5) is 0 Å². The molecule has 0 fully saturated rings. The second kappa shape index (κ2) is 7.28. The fourth-order valence-electron chi connectivity index (χ4n) is 4.23. The molecule has 25 heavy (non-hydrogen) atoms. The maximum Gasteiger partial charge on any atom is 0.0835 e. The highest BCUT2D eigenvalue weighted by Gasteiger charge is 2.28. The van der Waals surface area contributed by atoms with Gasteiger partial charge in [-0.2, -0.15) is 0 Å². The van der Waals surface area contributed by atoms with Crippen molar-refractivity contribution in [2.45, 2.75) is 31.9 Å². The van der Waals surface area contributed by atoms with Crippen LogP contribution in [-0.2, 0) is 19.4 Å². The molecule has 1 aromatic heterocycles. The standard InChI is InChI=1S/C23H25NO/c25-23(19-8-2-1-3-9-19)22(17-24-12-6-7-13-24)16-18-14-20-10-4-5-11-21(20)15-18/h1-13,18,22-23,25H,14-17H2/t22-,23+/m0/s1. The third kappa shape index (κ3) is 3.69. The highest BCUT2D eigenvalue weighted by atomic mass is 16.3. The number of hydrogen-bond donors (Lipinski definition) is 1. The molecule has 0 spiro atoms. The Bertz CT molecular complexity index is 769. The zero-order valence-corrected chi connectivity index (χ0v) is 14.5. The summed E-state index contributed by atoms with van der Waals surface area (Å²) in [6, 6.07) is 23.0. The Morgan fingerprint density at radius 2 is 1.44 bits per heavy atom. The number of nitrogens with zero attached hydrogens (tertiary/aromatic N) is 1. The quantitative estimate of drug-likeness (QED) is 0.699. The topological polar surface area (TPSA) is 25.2 Å². The van der Waals surface area contributed by atoms with E-state index in [9.17, 15) is 5.11 Å². The zero-order valence-electron chi connectivity index (χ0n) is 14.5. The maximum atomic E-state index is 11.0. The first kappa shape index (κ1) is 16.2. The molecule has 4 rings (SSSR count). The summed E-state index contributed by atoms with van der Waals surface area (Å²) in [5, 5.41) is 11.0. The fourth-order valence-corrected chi connectivity index (χ4v) is 4.23. The van der Waals surface area contributed by atoms with E-state index < -0.39 is 6.10 Å². The summed E-state index contributed by atoms with van der Waals surface area (Å²) < 4.78 is 2.19. The second-order valence-electron chi connectivity index (χ2n) is 7.27. The van der Waals surface area contributed by atoms with Crippen LogP contribution in [0.2, 0.25) is 0 Å². The Balaban J connectivity index is 1.52. The van der Waals surface area contributed by atoms with Crippen LogP contribution in [0.15, 0.2) is 79.1 Å². The van der Waals surface area contributed by atoms with Crippen LogP contribution in [0.5, 0.6) is 0 Å². The summed E-state index contributed by atoms with van der Waals surface area (Å²) in [5.74, 6) is 0.838. The Morgan fingerprint density at radius 1 is 0.840 bits per heavy atom. The predicted octanol–water partition coefficient (Wildman–Crippen LogP) is 4.64. The van der Waals surface area contributed by atoms with Gasteiger partial charge in [0.15, 0.2) is 0 Å². The Labute approximate surface area is 149 Å². The Morgan fingerprint density at radius 3 is 2.08 bits per heavy atom. The van der Waals surface area contributed by atoms with E-state index in [1.54, 1.807) is 0 Å². The van der Waals surface area contributed by atoms with Crippen molar-refractivity contribution in [3.8, 4) is 0 Å². The molecule has 0 saturated heterocycles. The Hall–Kier alpha value is -2.32. The lowest BCUT2D eigenvalue weighted by molar-refractivity contribution is 0.0820. The molecular formula is C23H25NO. The molecule has 2 atom stereocenters. The molecule has 0 amide bonds. The SMILES string of the molecule is O[C@H](c1ccccc1)[C@@H](CC1Cc2ccccc2C1)Cn1cccc1. The minimum absolute atomic E-state index is 0.217. The number of hydrogen-bond acceptors (Lipinski definition) is 1. The van der Waals surface area contributed by atoms with Crippen LogP contribution in [-0.4, -0.2) is 9.67 Å². The van der Waals surface area contributed by atoms with Gasteiger partial charge >= 0.3 is 0 Å². The van der Waals surface area contributed by atoms with Gasteiger partial charge < -0.3 is 9.67 Å². The molecule has 1 N–H and O–H groups in total. The van der Waals surface area contributed by atoms with Crippen LogP contribution in [0.25, 0.3) is 0 Å². The van der Waals surface area contributed by atoms with Crippen molar-refractivity contribution in [3.63, 3.8) is 0 Å². The van der Waals surface area contributed by atoms with Crippen LogP contribution in [0.1, 0.15) is 29.2 Å². The van der Waals surface area contributed by atoms with E-state index in [1.807, 2.05) is 30.3 Å². The van der Waals surface area contributed by atoms with Gasteiger partial charge in [-0.1, -0.05) is 54.6 Å². The monoisotopic (exact) mass is 331 g/mol. The lowest BCUT2D eigenvalue weighted by Gasteiger charge is -2.26. The van der Waals surface area contributed by atoms with E-state index in [4.69, 9.17) is 0 Å². The molecule has 0 aliphatic heterocycles. The highest BCUT2D eigenvalue weighted by Crippen LogP contribution is 2.35. The zero-order chi connectivity index (χ0) is 17.1. The third-order valence-electron chi connectivity index (χ3n) is 5.47. The van der Waals surface area contributed by atoms with Crippen molar-refractivity contribution in [1.82, 2.24) is 4.57 Å². The maximum absolute atomic E-state index is 11.0. The second-order valence-corrected chi connectivity index (χ2v) is 7.27. The molecule has 128 valence electrons. The highest BCUT2D eigenvalue weighted by molar-refractivity contribution is 5.32. The van der Waals surface area contributed by atoms with Gasteiger partial charge in [0.05, 0.1) is 6.10 Å². The predicted molar refractivity (Wildman–Crippen MR) is 101 cm³/mol. The normalized spacial score (nSPS) is 16.5. The van der Waals surface area contributed by atoms with Crippen LogP contribution < -0.4 is 0 Å². The van der Waals surface area contributed by atoms with E-state index in [2.05, 4.69) is 53.4 Å². The van der Waals surface area contributed by atoms with Gasteiger partial charge in [-0.15, -0.1) is 0 Å². The van der Waals surface area contributed by atoms with Crippen LogP contribution >= 0.6 is 0 Å². The van der Waals surface area contributed by atoms with E-state index >= 15 is 0 Å². The first-order valence-corrected chi connectivity index (χ1v) is 9.20. The number of aliphatic hydroxyl groups is 1. The van der Waals surface area contributed by atoms with E-state index in [-0.39, 0.29) is 5.92 Å². The molecule has 1 heterocycles. The molecule has 0 saturated carbocycles. The molecule has 0 bridgehead atoms. The smallest absolute Gasteiger partial charge is 0.0835 e. The molecule has 2 aromatic carbocycles. The first-order chi connectivity index (χ1) is 12.3. The summed E-state index contributed by atoms with van der Waals surface area (Å²) in [4.78, 5) is 0. The number of fused-ring (bicyclic) bond motifs is 1. The summed E-state index contributed by atoms with van der Waals surface area (Å²) in [7, 11) is 0. The largest absolute Gasteiger partial charge is 0.388 e. The van der Waals surface area contributed by atoms with Crippen molar-refractivity contribution in [2.75, 3.05) is 0 Å². The van der Waals surface area contributed by atoms with Gasteiger partial charge in [0.25, 0.3) is 0 Å². The average molecular weight is 331 g/mol. The first-order valence-electron chi connectivity index (χ1n) is 9.20. The average Bonchev–Trinajstić information content (AvgIpc) is 3.30. The number of aromatic nitrogens is 1. The summed E-state index contributed by atoms with van der Waals surface area (Å²) in [6.07, 6.45) is 7.08. The van der Waals surface area contributed by atoms with Gasteiger partial charge in [0, 0.05) is 24.9 Å². The minimum Gasteiger partial charge on any atom is -0.388 e. The molecule has 2 nitrogen and oxygen atoms in total. The minimum atomic E-state index is -0.424. The van der Waals surface area contributed by atoms with E-state index in [0.29, 0.717) is 5.92 Å². The van der Waals surface area contributed by atoms with Gasteiger partial charge in [-0.25, -0.2) is 0 Å². The molecule has 1 aliphatic rings. The van der Waals surface area contributed by atoms with E-state index in [0.717, 1.165) is 31.4 Å². The molecule has 3 aromatic rings. The van der Waals surface area contributed by atoms with Gasteiger partial charge in [-0.05, 0) is 54.0 Å². The fraction of sp³-hybridized carbons (Fsp3) is 0.304.